The van der Waals surface area contributed by atoms with E-state index >= 15 is 0 Å². The molecule has 0 fully saturated rings. The van der Waals surface area contributed by atoms with E-state index in [1.165, 1.54) is 0 Å². The van der Waals surface area contributed by atoms with Crippen LogP contribution in [0.2, 0.25) is 0 Å². The molecule has 0 saturated carbocycles. The summed E-state index contributed by atoms with van der Waals surface area (Å²) in [5.41, 5.74) is 7.35. The van der Waals surface area contributed by atoms with Gasteiger partial charge in [0, 0.05) is 0 Å². The maximum Gasteiger partial charge on any atom is 0.265 e. The number of rotatable bonds is 3. The van der Waals surface area contributed by atoms with Crippen molar-refractivity contribution in [3.63, 3.8) is 0 Å². The number of carbonyl (C=O) groups excluding carboxylic acids is 1. The molecular formula is C12H16N2O2. The van der Waals surface area contributed by atoms with Crippen molar-refractivity contribution in [1.29, 1.82) is 0 Å². The lowest BCUT2D eigenvalue weighted by molar-refractivity contribution is -0.123. The molecule has 0 aromatic heterocycles. The first kappa shape index (κ1) is 11.0. The lowest BCUT2D eigenvalue weighted by Crippen LogP contribution is -2.36. The highest BCUT2D eigenvalue weighted by Crippen LogP contribution is 2.31. The molecule has 2 rings (SSSR count). The third kappa shape index (κ3) is 2.02. The van der Waals surface area contributed by atoms with Crippen LogP contribution in [0.25, 0.3) is 0 Å². The second-order valence-corrected chi connectivity index (χ2v) is 3.87. The van der Waals surface area contributed by atoms with Gasteiger partial charge in [-0.05, 0) is 37.1 Å². The zero-order valence-corrected chi connectivity index (χ0v) is 9.32. The fourth-order valence-electron chi connectivity index (χ4n) is 1.79. The fourth-order valence-corrected chi connectivity index (χ4v) is 1.79. The Morgan fingerprint density at radius 2 is 2.31 bits per heavy atom. The van der Waals surface area contributed by atoms with Gasteiger partial charge in [-0.25, -0.2) is 0 Å². The van der Waals surface area contributed by atoms with Crippen LogP contribution in [0.3, 0.4) is 0 Å². The average Bonchev–Trinajstić information content (AvgIpc) is 2.28. The Labute approximate surface area is 94.8 Å². The molecule has 0 radical (unpaired) electrons. The van der Waals surface area contributed by atoms with Gasteiger partial charge in [-0.3, -0.25) is 4.79 Å². The molecule has 1 amide bonds. The van der Waals surface area contributed by atoms with Gasteiger partial charge in [0.05, 0.1) is 5.69 Å². The third-order valence-corrected chi connectivity index (χ3v) is 2.67. The summed E-state index contributed by atoms with van der Waals surface area (Å²) >= 11 is 0. The summed E-state index contributed by atoms with van der Waals surface area (Å²) in [5.74, 6) is 0.673. The summed E-state index contributed by atoms with van der Waals surface area (Å²) < 4.78 is 5.58. The SMILES string of the molecule is CCC1Oc2ccc(CCN)cc2NC1=O. The number of hydrogen-bond donors (Lipinski definition) is 2. The number of amides is 1. The minimum atomic E-state index is -0.368. The molecule has 1 aliphatic heterocycles. The predicted octanol–water partition coefficient (Wildman–Crippen LogP) is 1.30. The molecule has 3 N–H and O–H groups in total. The van der Waals surface area contributed by atoms with Crippen molar-refractivity contribution in [2.75, 3.05) is 11.9 Å². The summed E-state index contributed by atoms with van der Waals surface area (Å²) in [6, 6.07) is 5.80. The predicted molar refractivity (Wildman–Crippen MR) is 62.5 cm³/mol. The van der Waals surface area contributed by atoms with Crippen molar-refractivity contribution >= 4 is 11.6 Å². The number of hydrogen-bond acceptors (Lipinski definition) is 3. The van der Waals surface area contributed by atoms with Crippen LogP contribution >= 0.6 is 0 Å². The molecule has 1 heterocycles. The summed E-state index contributed by atoms with van der Waals surface area (Å²) in [7, 11) is 0. The zero-order chi connectivity index (χ0) is 11.5. The van der Waals surface area contributed by atoms with Gasteiger partial charge < -0.3 is 15.8 Å². The molecular weight excluding hydrogens is 204 g/mol. The van der Waals surface area contributed by atoms with E-state index in [4.69, 9.17) is 10.5 Å². The van der Waals surface area contributed by atoms with Gasteiger partial charge in [0.25, 0.3) is 5.91 Å². The Hall–Kier alpha value is -1.55. The van der Waals surface area contributed by atoms with Gasteiger partial charge in [-0.2, -0.15) is 0 Å². The molecule has 0 saturated heterocycles. The molecule has 1 atom stereocenters. The van der Waals surface area contributed by atoms with Crippen molar-refractivity contribution in [3.05, 3.63) is 23.8 Å². The van der Waals surface area contributed by atoms with E-state index in [-0.39, 0.29) is 12.0 Å². The molecule has 16 heavy (non-hydrogen) atoms. The number of carbonyl (C=O) groups is 1. The quantitative estimate of drug-likeness (QED) is 0.807. The van der Waals surface area contributed by atoms with E-state index in [1.54, 1.807) is 0 Å². The van der Waals surface area contributed by atoms with Crippen molar-refractivity contribution in [3.8, 4) is 5.75 Å². The van der Waals surface area contributed by atoms with Crippen LogP contribution in [0.5, 0.6) is 5.75 Å². The molecule has 0 bridgehead atoms. The monoisotopic (exact) mass is 220 g/mol. The smallest absolute Gasteiger partial charge is 0.265 e. The molecule has 86 valence electrons. The Balaban J connectivity index is 2.25. The number of fused-ring (bicyclic) bond motifs is 1. The Kier molecular flexibility index (Phi) is 3.10. The highest BCUT2D eigenvalue weighted by molar-refractivity contribution is 5.97. The van der Waals surface area contributed by atoms with Crippen LogP contribution in [0, 0.1) is 0 Å². The minimum Gasteiger partial charge on any atom is -0.478 e. The van der Waals surface area contributed by atoms with Gasteiger partial charge in [0.1, 0.15) is 5.75 Å². The summed E-state index contributed by atoms with van der Waals surface area (Å²) in [4.78, 5) is 11.6. The highest BCUT2D eigenvalue weighted by atomic mass is 16.5. The Bertz CT molecular complexity index is 404. The number of ether oxygens (including phenoxy) is 1. The number of anilines is 1. The lowest BCUT2D eigenvalue weighted by Gasteiger charge is -2.25. The van der Waals surface area contributed by atoms with E-state index in [0.29, 0.717) is 13.0 Å². The second-order valence-electron chi connectivity index (χ2n) is 3.87. The molecule has 1 aliphatic rings. The average molecular weight is 220 g/mol. The van der Waals surface area contributed by atoms with Crippen LogP contribution in [0.4, 0.5) is 5.69 Å². The normalized spacial score (nSPS) is 18.6. The van der Waals surface area contributed by atoms with Crippen LogP contribution < -0.4 is 15.8 Å². The zero-order valence-electron chi connectivity index (χ0n) is 9.32. The van der Waals surface area contributed by atoms with Gasteiger partial charge in [0.2, 0.25) is 0 Å². The number of benzene rings is 1. The van der Waals surface area contributed by atoms with Crippen LogP contribution in [0.15, 0.2) is 18.2 Å². The number of nitrogens with one attached hydrogen (secondary N) is 1. The molecule has 4 nitrogen and oxygen atoms in total. The maximum atomic E-state index is 11.6. The molecule has 0 spiro atoms. The van der Waals surface area contributed by atoms with Crippen LogP contribution in [-0.2, 0) is 11.2 Å². The Morgan fingerprint density at radius 1 is 1.50 bits per heavy atom. The van der Waals surface area contributed by atoms with E-state index < -0.39 is 0 Å². The van der Waals surface area contributed by atoms with E-state index in [2.05, 4.69) is 5.32 Å². The third-order valence-electron chi connectivity index (χ3n) is 2.67. The van der Waals surface area contributed by atoms with Crippen LogP contribution in [-0.4, -0.2) is 18.6 Å². The molecule has 1 unspecified atom stereocenters. The maximum absolute atomic E-state index is 11.6. The fraction of sp³-hybridized carbons (Fsp3) is 0.417. The van der Waals surface area contributed by atoms with Crippen molar-refractivity contribution < 1.29 is 9.53 Å². The van der Waals surface area contributed by atoms with Gasteiger partial charge in [0.15, 0.2) is 6.10 Å². The second kappa shape index (κ2) is 4.53. The topological polar surface area (TPSA) is 64.3 Å². The Morgan fingerprint density at radius 3 is 3.00 bits per heavy atom. The van der Waals surface area contributed by atoms with Crippen LogP contribution in [0.1, 0.15) is 18.9 Å². The molecule has 1 aromatic carbocycles. The molecule has 0 aliphatic carbocycles. The lowest BCUT2D eigenvalue weighted by atomic mass is 10.1. The molecule has 4 heteroatoms. The number of nitrogens with two attached hydrogens (primary N) is 1. The van der Waals surface area contributed by atoms with E-state index in [0.717, 1.165) is 23.4 Å². The highest BCUT2D eigenvalue weighted by Gasteiger charge is 2.25. The van der Waals surface area contributed by atoms with Gasteiger partial charge >= 0.3 is 0 Å². The first-order valence-electron chi connectivity index (χ1n) is 5.55. The summed E-state index contributed by atoms with van der Waals surface area (Å²) in [6.45, 7) is 2.53. The standard InChI is InChI=1S/C12H16N2O2/c1-2-10-12(15)14-9-7-8(5-6-13)3-4-11(9)16-10/h3-4,7,10H,2,5-6,13H2,1H3,(H,14,15). The van der Waals surface area contributed by atoms with Crippen molar-refractivity contribution in [2.24, 2.45) is 5.73 Å². The first-order chi connectivity index (χ1) is 7.74. The van der Waals surface area contributed by atoms with Gasteiger partial charge in [-0.1, -0.05) is 13.0 Å². The summed E-state index contributed by atoms with van der Waals surface area (Å²) in [5, 5.41) is 2.85. The van der Waals surface area contributed by atoms with E-state index in [1.807, 2.05) is 25.1 Å². The van der Waals surface area contributed by atoms with Crippen molar-refractivity contribution in [2.45, 2.75) is 25.9 Å². The molecule has 1 aromatic rings. The van der Waals surface area contributed by atoms with Gasteiger partial charge in [-0.15, -0.1) is 0 Å². The largest absolute Gasteiger partial charge is 0.478 e. The van der Waals surface area contributed by atoms with Crippen molar-refractivity contribution in [1.82, 2.24) is 0 Å². The first-order valence-corrected chi connectivity index (χ1v) is 5.55. The van der Waals surface area contributed by atoms with E-state index in [9.17, 15) is 4.79 Å². The summed E-state index contributed by atoms with van der Waals surface area (Å²) in [6.07, 6.45) is 1.11. The minimum absolute atomic E-state index is 0.0695.